The van der Waals surface area contributed by atoms with E-state index in [1.165, 1.54) is 6.26 Å². The molecule has 1 aliphatic heterocycles. The zero-order chi connectivity index (χ0) is 9.35. The van der Waals surface area contributed by atoms with Crippen LogP contribution in [0.5, 0.6) is 0 Å². The van der Waals surface area contributed by atoms with E-state index >= 15 is 0 Å². The molecule has 0 radical (unpaired) electrons. The maximum absolute atomic E-state index is 9.10. The average molecular weight is 193 g/mol. The van der Waals surface area contributed by atoms with Gasteiger partial charge < -0.3 is 4.90 Å². The predicted molar refractivity (Wildman–Crippen MR) is 51.4 cm³/mol. The van der Waals surface area contributed by atoms with Crippen LogP contribution in [-0.2, 0) is 0 Å². The van der Waals surface area contributed by atoms with Crippen molar-refractivity contribution >= 4 is 16.7 Å². The number of hydrogen-bond donors (Lipinski definition) is 3. The monoisotopic (exact) mass is 193 g/mol. The van der Waals surface area contributed by atoms with E-state index < -0.39 is 10.8 Å². The third-order valence-corrected chi connectivity index (χ3v) is 2.10. The van der Waals surface area contributed by atoms with Crippen molar-refractivity contribution in [3.8, 4) is 0 Å². The molecule has 0 aromatic heterocycles. The summed E-state index contributed by atoms with van der Waals surface area (Å²) in [6.45, 7) is 2.80. The van der Waals surface area contributed by atoms with Gasteiger partial charge in [-0.25, -0.2) is 4.99 Å². The summed E-state index contributed by atoms with van der Waals surface area (Å²) in [7, 11) is -0.825. The fourth-order valence-electron chi connectivity index (χ4n) is 1.11. The molecule has 1 aliphatic rings. The number of hydrogen-bond acceptors (Lipinski definition) is 5. The van der Waals surface area contributed by atoms with E-state index in [-0.39, 0.29) is 6.04 Å². The Balaban J connectivity index is 2.58. The molecule has 0 amide bonds. The molecule has 0 saturated carbocycles. The van der Waals surface area contributed by atoms with Crippen molar-refractivity contribution in [2.75, 3.05) is 19.8 Å². The molecule has 12 heavy (non-hydrogen) atoms. The molecule has 1 rings (SSSR count). The SMILES string of the molecule is CC1CN(C)C(NS(C)(O)O)=N1. The molecule has 0 saturated heterocycles. The average Bonchev–Trinajstić information content (AvgIpc) is 2.06. The first-order valence-corrected chi connectivity index (χ1v) is 5.64. The van der Waals surface area contributed by atoms with Crippen molar-refractivity contribution in [2.24, 2.45) is 4.99 Å². The number of nitrogens with zero attached hydrogens (tertiary/aromatic N) is 2. The summed E-state index contributed by atoms with van der Waals surface area (Å²) in [6.07, 6.45) is 1.34. The molecule has 6 heteroatoms. The fraction of sp³-hybridized carbons (Fsp3) is 0.833. The van der Waals surface area contributed by atoms with E-state index in [1.807, 2.05) is 18.9 Å². The van der Waals surface area contributed by atoms with Gasteiger partial charge in [-0.1, -0.05) is 0 Å². The summed E-state index contributed by atoms with van der Waals surface area (Å²) in [6, 6.07) is 0.222. The molecule has 0 aliphatic carbocycles. The van der Waals surface area contributed by atoms with Crippen molar-refractivity contribution in [2.45, 2.75) is 13.0 Å². The van der Waals surface area contributed by atoms with Gasteiger partial charge in [-0.3, -0.25) is 13.8 Å². The number of likely N-dealkylation sites (N-methyl/N-ethyl adjacent to an activating group) is 1. The summed E-state index contributed by atoms with van der Waals surface area (Å²) in [5, 5.41) is 0. The molecule has 1 heterocycles. The van der Waals surface area contributed by atoms with Gasteiger partial charge in [0, 0.05) is 19.8 Å². The van der Waals surface area contributed by atoms with E-state index in [1.54, 1.807) is 0 Å². The number of nitrogens with one attached hydrogen (secondary N) is 1. The Morgan fingerprint density at radius 3 is 2.58 bits per heavy atom. The number of guanidine groups is 1. The van der Waals surface area contributed by atoms with Crippen LogP contribution < -0.4 is 4.72 Å². The van der Waals surface area contributed by atoms with Crippen molar-refractivity contribution in [3.63, 3.8) is 0 Å². The molecular weight excluding hydrogens is 178 g/mol. The lowest BCUT2D eigenvalue weighted by Gasteiger charge is -2.30. The molecule has 1 atom stereocenters. The predicted octanol–water partition coefficient (Wildman–Crippen LogP) is 0.561. The molecule has 0 fully saturated rings. The molecule has 1 unspecified atom stereocenters. The van der Waals surface area contributed by atoms with Crippen LogP contribution >= 0.6 is 10.8 Å². The van der Waals surface area contributed by atoms with E-state index in [4.69, 9.17) is 9.11 Å². The van der Waals surface area contributed by atoms with Gasteiger partial charge in [-0.15, -0.1) is 10.8 Å². The zero-order valence-corrected chi connectivity index (χ0v) is 8.30. The van der Waals surface area contributed by atoms with Crippen LogP contribution in [0.2, 0.25) is 0 Å². The van der Waals surface area contributed by atoms with Gasteiger partial charge >= 0.3 is 0 Å². The van der Waals surface area contributed by atoms with Crippen LogP contribution in [0, 0.1) is 0 Å². The quantitative estimate of drug-likeness (QED) is 0.569. The first kappa shape index (κ1) is 9.63. The summed E-state index contributed by atoms with van der Waals surface area (Å²) in [5.74, 6) is 0.560. The summed E-state index contributed by atoms with van der Waals surface area (Å²) < 4.78 is 20.8. The van der Waals surface area contributed by atoms with Gasteiger partial charge in [0.2, 0.25) is 5.96 Å². The van der Waals surface area contributed by atoms with E-state index in [9.17, 15) is 0 Å². The Kier molecular flexibility index (Phi) is 2.50. The number of aliphatic imine (C=N–C) groups is 1. The third kappa shape index (κ3) is 2.54. The Bertz CT molecular complexity index is 201. The molecule has 0 spiro atoms. The van der Waals surface area contributed by atoms with Crippen molar-refractivity contribution in [1.29, 1.82) is 0 Å². The summed E-state index contributed by atoms with van der Waals surface area (Å²) in [5.41, 5.74) is 0. The Hall–Kier alpha value is -0.460. The maximum Gasteiger partial charge on any atom is 0.212 e. The largest absolute Gasteiger partial charge is 0.343 e. The molecule has 0 aromatic carbocycles. The van der Waals surface area contributed by atoms with Crippen LogP contribution in [-0.4, -0.2) is 45.9 Å². The van der Waals surface area contributed by atoms with Gasteiger partial charge in [0.25, 0.3) is 0 Å². The smallest absolute Gasteiger partial charge is 0.212 e. The lowest BCUT2D eigenvalue weighted by molar-refractivity contribution is 0.476. The van der Waals surface area contributed by atoms with Gasteiger partial charge in [0.15, 0.2) is 0 Å². The Labute approximate surface area is 74.0 Å². The van der Waals surface area contributed by atoms with Crippen molar-refractivity contribution in [1.82, 2.24) is 9.62 Å². The van der Waals surface area contributed by atoms with Gasteiger partial charge in [0.1, 0.15) is 0 Å². The van der Waals surface area contributed by atoms with E-state index in [0.717, 1.165) is 6.54 Å². The molecule has 72 valence electrons. The standard InChI is InChI=1S/C6H15N3O2S/c1-5-4-9(2)6(7-5)8-12(3,10)11/h5,10-11H,4H2,1-3H3,(H,7,8). The minimum absolute atomic E-state index is 0.222. The van der Waals surface area contributed by atoms with Crippen LogP contribution in [0.15, 0.2) is 4.99 Å². The maximum atomic E-state index is 9.10. The molecule has 0 bridgehead atoms. The highest BCUT2D eigenvalue weighted by atomic mass is 32.3. The van der Waals surface area contributed by atoms with Gasteiger partial charge in [-0.2, -0.15) is 0 Å². The van der Waals surface area contributed by atoms with E-state index in [0.29, 0.717) is 5.96 Å². The fourth-order valence-corrected chi connectivity index (χ4v) is 1.66. The normalized spacial score (nSPS) is 25.6. The van der Waals surface area contributed by atoms with Crippen LogP contribution in [0.3, 0.4) is 0 Å². The highest BCUT2D eigenvalue weighted by molar-refractivity contribution is 8.22. The minimum Gasteiger partial charge on any atom is -0.343 e. The lowest BCUT2D eigenvalue weighted by atomic mass is 10.4. The topological polar surface area (TPSA) is 68.1 Å². The Morgan fingerprint density at radius 1 is 1.67 bits per heavy atom. The van der Waals surface area contributed by atoms with Gasteiger partial charge in [0.05, 0.1) is 6.04 Å². The second-order valence-corrected chi connectivity index (χ2v) is 4.99. The first-order chi connectivity index (χ1) is 5.38. The minimum atomic E-state index is -2.69. The highest BCUT2D eigenvalue weighted by Gasteiger charge is 2.20. The molecule has 3 N–H and O–H groups in total. The van der Waals surface area contributed by atoms with E-state index in [2.05, 4.69) is 9.71 Å². The molecular formula is C6H15N3O2S. The molecule has 0 aromatic rings. The lowest BCUT2D eigenvalue weighted by Crippen LogP contribution is -2.36. The van der Waals surface area contributed by atoms with Crippen LogP contribution in [0.1, 0.15) is 6.92 Å². The zero-order valence-electron chi connectivity index (χ0n) is 7.48. The van der Waals surface area contributed by atoms with Crippen molar-refractivity contribution < 1.29 is 9.11 Å². The Morgan fingerprint density at radius 2 is 2.25 bits per heavy atom. The third-order valence-electron chi connectivity index (χ3n) is 1.53. The van der Waals surface area contributed by atoms with Crippen LogP contribution in [0.25, 0.3) is 0 Å². The summed E-state index contributed by atoms with van der Waals surface area (Å²) >= 11 is 0. The second kappa shape index (κ2) is 3.12. The van der Waals surface area contributed by atoms with Gasteiger partial charge in [-0.05, 0) is 6.92 Å². The second-order valence-electron chi connectivity index (χ2n) is 3.12. The molecule has 5 nitrogen and oxygen atoms in total. The summed E-state index contributed by atoms with van der Waals surface area (Å²) in [4.78, 5) is 6.05. The number of rotatable bonds is 1. The first-order valence-electron chi connectivity index (χ1n) is 3.68. The van der Waals surface area contributed by atoms with Crippen LogP contribution in [0.4, 0.5) is 0 Å². The highest BCUT2D eigenvalue weighted by Crippen LogP contribution is 2.28. The van der Waals surface area contributed by atoms with Crippen molar-refractivity contribution in [3.05, 3.63) is 0 Å².